The molecule has 0 heterocycles. The summed E-state index contributed by atoms with van der Waals surface area (Å²) in [6.45, 7) is 0. The van der Waals surface area contributed by atoms with Crippen LogP contribution in [0.3, 0.4) is 0 Å². The first kappa shape index (κ1) is 8.09. The molecule has 0 bridgehead atoms. The third kappa shape index (κ3) is 1.95. The summed E-state index contributed by atoms with van der Waals surface area (Å²) >= 11 is 3.27. The van der Waals surface area contributed by atoms with Crippen molar-refractivity contribution in [3.05, 3.63) is 28.2 Å². The average Bonchev–Trinajstić information content (AvgIpc) is 1.98. The molecule has 0 amide bonds. The Morgan fingerprint density at radius 1 is 1.55 bits per heavy atom. The molecule has 0 aliphatic carbocycles. The van der Waals surface area contributed by atoms with Gasteiger partial charge in [-0.1, -0.05) is 6.07 Å². The third-order valence-electron chi connectivity index (χ3n) is 1.34. The van der Waals surface area contributed by atoms with Crippen LogP contribution in [0.15, 0.2) is 22.7 Å². The van der Waals surface area contributed by atoms with E-state index in [2.05, 4.69) is 22.0 Å². The maximum atomic E-state index is 8.38. The van der Waals surface area contributed by atoms with Crippen LogP contribution < -0.4 is 5.73 Å². The number of nitrogens with two attached hydrogens (primary N) is 1. The molecule has 0 aliphatic rings. The van der Waals surface area contributed by atoms with E-state index in [-0.39, 0.29) is 0 Å². The number of anilines is 1. The van der Waals surface area contributed by atoms with Gasteiger partial charge in [0.2, 0.25) is 0 Å². The van der Waals surface area contributed by atoms with Crippen molar-refractivity contribution >= 4 is 21.6 Å². The minimum atomic E-state index is 0.414. The van der Waals surface area contributed by atoms with E-state index in [9.17, 15) is 0 Å². The number of benzene rings is 1. The first-order valence-corrected chi connectivity index (χ1v) is 3.94. The third-order valence-corrected chi connectivity index (χ3v) is 2.07. The Bertz CT molecular complexity index is 301. The molecule has 0 spiro atoms. The SMILES string of the molecule is N#CCc1ccc(Br)c(N)c1. The van der Waals surface area contributed by atoms with Crippen LogP contribution in [0.1, 0.15) is 5.56 Å². The van der Waals surface area contributed by atoms with E-state index in [0.29, 0.717) is 12.1 Å². The molecule has 0 aliphatic heterocycles. The van der Waals surface area contributed by atoms with Crippen LogP contribution in [0.25, 0.3) is 0 Å². The summed E-state index contributed by atoms with van der Waals surface area (Å²) in [6, 6.07) is 7.59. The van der Waals surface area contributed by atoms with E-state index in [4.69, 9.17) is 11.0 Å². The summed E-state index contributed by atoms with van der Waals surface area (Å²) in [5.74, 6) is 0. The Kier molecular flexibility index (Phi) is 2.50. The topological polar surface area (TPSA) is 49.8 Å². The van der Waals surface area contributed by atoms with Gasteiger partial charge in [-0.25, -0.2) is 0 Å². The minimum Gasteiger partial charge on any atom is -0.398 e. The molecular formula is C8H7BrN2. The molecule has 2 N–H and O–H groups in total. The van der Waals surface area contributed by atoms with Crippen molar-refractivity contribution in [3.8, 4) is 6.07 Å². The smallest absolute Gasteiger partial charge is 0.0669 e. The summed E-state index contributed by atoms with van der Waals surface area (Å²) in [6.07, 6.45) is 0.414. The Morgan fingerprint density at radius 2 is 2.27 bits per heavy atom. The van der Waals surface area contributed by atoms with Gasteiger partial charge in [-0.05, 0) is 33.6 Å². The van der Waals surface area contributed by atoms with Crippen LogP contribution in [-0.4, -0.2) is 0 Å². The van der Waals surface area contributed by atoms with Gasteiger partial charge in [-0.3, -0.25) is 0 Å². The molecule has 1 rings (SSSR count). The summed E-state index contributed by atoms with van der Waals surface area (Å²) in [5, 5.41) is 8.38. The summed E-state index contributed by atoms with van der Waals surface area (Å²) in [7, 11) is 0. The monoisotopic (exact) mass is 210 g/mol. The molecule has 11 heavy (non-hydrogen) atoms. The van der Waals surface area contributed by atoms with Gasteiger partial charge in [-0.2, -0.15) is 5.26 Å². The zero-order chi connectivity index (χ0) is 8.27. The molecule has 56 valence electrons. The van der Waals surface area contributed by atoms with Crippen molar-refractivity contribution in [3.63, 3.8) is 0 Å². The lowest BCUT2D eigenvalue weighted by atomic mass is 10.1. The molecule has 0 saturated heterocycles. The van der Waals surface area contributed by atoms with Crippen LogP contribution >= 0.6 is 15.9 Å². The Hall–Kier alpha value is -1.01. The Balaban J connectivity index is 2.98. The molecule has 0 unspecified atom stereocenters. The van der Waals surface area contributed by atoms with Crippen molar-refractivity contribution in [2.45, 2.75) is 6.42 Å². The second-order valence-electron chi connectivity index (χ2n) is 2.19. The molecule has 0 fully saturated rings. The van der Waals surface area contributed by atoms with Gasteiger partial charge in [0.1, 0.15) is 0 Å². The number of halogens is 1. The molecule has 0 radical (unpaired) electrons. The van der Waals surface area contributed by atoms with Gasteiger partial charge in [0.25, 0.3) is 0 Å². The number of hydrogen-bond donors (Lipinski definition) is 1. The number of nitrogens with zero attached hydrogens (tertiary/aromatic N) is 1. The molecule has 1 aromatic carbocycles. The van der Waals surface area contributed by atoms with Crippen molar-refractivity contribution in [2.24, 2.45) is 0 Å². The van der Waals surface area contributed by atoms with E-state index in [0.717, 1.165) is 10.0 Å². The average molecular weight is 211 g/mol. The lowest BCUT2D eigenvalue weighted by Crippen LogP contribution is -1.89. The predicted octanol–water partition coefficient (Wildman–Crippen LogP) is 2.10. The van der Waals surface area contributed by atoms with E-state index >= 15 is 0 Å². The Labute approximate surface area is 73.8 Å². The van der Waals surface area contributed by atoms with Crippen LogP contribution in [-0.2, 0) is 6.42 Å². The fraction of sp³-hybridized carbons (Fsp3) is 0.125. The second-order valence-corrected chi connectivity index (χ2v) is 3.05. The lowest BCUT2D eigenvalue weighted by molar-refractivity contribution is 1.26. The number of nitriles is 1. The zero-order valence-electron chi connectivity index (χ0n) is 5.84. The fourth-order valence-electron chi connectivity index (χ4n) is 0.794. The zero-order valence-corrected chi connectivity index (χ0v) is 7.43. The van der Waals surface area contributed by atoms with Gasteiger partial charge < -0.3 is 5.73 Å². The van der Waals surface area contributed by atoms with Gasteiger partial charge in [0, 0.05) is 10.2 Å². The predicted molar refractivity (Wildman–Crippen MR) is 47.9 cm³/mol. The molecule has 0 aromatic heterocycles. The first-order valence-electron chi connectivity index (χ1n) is 3.15. The molecule has 2 nitrogen and oxygen atoms in total. The van der Waals surface area contributed by atoms with E-state index in [1.54, 1.807) is 6.07 Å². The largest absolute Gasteiger partial charge is 0.398 e. The van der Waals surface area contributed by atoms with Crippen LogP contribution in [0.5, 0.6) is 0 Å². The fourth-order valence-corrected chi connectivity index (χ4v) is 1.04. The highest BCUT2D eigenvalue weighted by atomic mass is 79.9. The van der Waals surface area contributed by atoms with Crippen LogP contribution in [0, 0.1) is 11.3 Å². The number of rotatable bonds is 1. The number of hydrogen-bond acceptors (Lipinski definition) is 2. The van der Waals surface area contributed by atoms with Gasteiger partial charge in [0.05, 0.1) is 12.5 Å². The highest BCUT2D eigenvalue weighted by Gasteiger charge is 1.96. The second kappa shape index (κ2) is 3.40. The summed E-state index contributed by atoms with van der Waals surface area (Å²) in [5.41, 5.74) is 7.23. The lowest BCUT2D eigenvalue weighted by Gasteiger charge is -1.98. The molecule has 0 atom stereocenters. The maximum Gasteiger partial charge on any atom is 0.0669 e. The van der Waals surface area contributed by atoms with Crippen LogP contribution in [0.4, 0.5) is 5.69 Å². The molecule has 3 heteroatoms. The Morgan fingerprint density at radius 3 is 2.82 bits per heavy atom. The molecule has 1 aromatic rings. The van der Waals surface area contributed by atoms with E-state index < -0.39 is 0 Å². The van der Waals surface area contributed by atoms with Crippen molar-refractivity contribution in [1.82, 2.24) is 0 Å². The first-order chi connectivity index (χ1) is 5.24. The van der Waals surface area contributed by atoms with Gasteiger partial charge in [-0.15, -0.1) is 0 Å². The minimum absolute atomic E-state index is 0.414. The number of nitrogen functional groups attached to an aromatic ring is 1. The van der Waals surface area contributed by atoms with Gasteiger partial charge in [0.15, 0.2) is 0 Å². The molecular weight excluding hydrogens is 204 g/mol. The normalized spacial score (nSPS) is 9.09. The van der Waals surface area contributed by atoms with Gasteiger partial charge >= 0.3 is 0 Å². The summed E-state index contributed by atoms with van der Waals surface area (Å²) < 4.78 is 0.874. The van der Waals surface area contributed by atoms with Crippen molar-refractivity contribution in [1.29, 1.82) is 5.26 Å². The van der Waals surface area contributed by atoms with Crippen molar-refractivity contribution in [2.75, 3.05) is 5.73 Å². The van der Waals surface area contributed by atoms with E-state index in [1.807, 2.05) is 12.1 Å². The van der Waals surface area contributed by atoms with E-state index in [1.165, 1.54) is 0 Å². The standard InChI is InChI=1S/C8H7BrN2/c9-7-2-1-6(3-4-10)5-8(7)11/h1-2,5H,3,11H2. The highest BCUT2D eigenvalue weighted by Crippen LogP contribution is 2.20. The maximum absolute atomic E-state index is 8.38. The van der Waals surface area contributed by atoms with Crippen molar-refractivity contribution < 1.29 is 0 Å². The summed E-state index contributed by atoms with van der Waals surface area (Å²) in [4.78, 5) is 0. The molecule has 0 saturated carbocycles. The highest BCUT2D eigenvalue weighted by molar-refractivity contribution is 9.10. The van der Waals surface area contributed by atoms with Crippen LogP contribution in [0.2, 0.25) is 0 Å². The quantitative estimate of drug-likeness (QED) is 0.723.